The van der Waals surface area contributed by atoms with Crippen LogP contribution >= 0.6 is 0 Å². The van der Waals surface area contributed by atoms with Gasteiger partial charge in [0.2, 0.25) is 5.95 Å². The van der Waals surface area contributed by atoms with Gasteiger partial charge in [-0.15, -0.1) is 0 Å². The maximum atomic E-state index is 13.4. The van der Waals surface area contributed by atoms with Crippen molar-refractivity contribution in [2.45, 2.75) is 19.2 Å². The molecule has 0 saturated heterocycles. The van der Waals surface area contributed by atoms with Crippen LogP contribution in [0.25, 0.3) is 11.0 Å². The predicted octanol–water partition coefficient (Wildman–Crippen LogP) is 3.83. The number of amides is 2. The molecule has 1 atom stereocenters. The summed E-state index contributed by atoms with van der Waals surface area (Å²) in [7, 11) is 1.39. The Hall–Kier alpha value is -4.17. The molecule has 0 fully saturated rings. The fourth-order valence-corrected chi connectivity index (χ4v) is 4.36. The van der Waals surface area contributed by atoms with E-state index in [4.69, 9.17) is 0 Å². The van der Waals surface area contributed by atoms with Crippen molar-refractivity contribution < 1.29 is 19.8 Å². The van der Waals surface area contributed by atoms with Gasteiger partial charge >= 0.3 is 6.09 Å². The molecule has 3 N–H and O–H groups in total. The number of carboxylic acid groups (broad SMARTS) is 1. The van der Waals surface area contributed by atoms with Crippen molar-refractivity contribution >= 4 is 29.0 Å². The van der Waals surface area contributed by atoms with E-state index in [2.05, 4.69) is 9.97 Å². The molecule has 2 heterocycles. The average Bonchev–Trinajstić information content (AvgIpc) is 3.32. The number of benzene rings is 3. The molecule has 1 aliphatic heterocycles. The fraction of sp³-hybridized carbons (Fsp3) is 0.160. The van der Waals surface area contributed by atoms with Crippen LogP contribution in [0.1, 0.15) is 32.6 Å². The Morgan fingerprint density at radius 3 is 2.67 bits per heavy atom. The molecule has 3 aromatic carbocycles. The summed E-state index contributed by atoms with van der Waals surface area (Å²) in [5, 5.41) is 21.3. The van der Waals surface area contributed by atoms with Crippen LogP contribution < -0.4 is 4.90 Å². The number of rotatable bonds is 4. The summed E-state index contributed by atoms with van der Waals surface area (Å²) in [6.07, 6.45) is -1.15. The average molecular weight is 442 g/mol. The summed E-state index contributed by atoms with van der Waals surface area (Å²) < 4.78 is 0. The molecule has 0 spiro atoms. The zero-order chi connectivity index (χ0) is 23.3. The smallest absolute Gasteiger partial charge is 0.413 e. The van der Waals surface area contributed by atoms with Crippen molar-refractivity contribution in [1.82, 2.24) is 14.9 Å². The Labute approximate surface area is 189 Å². The van der Waals surface area contributed by atoms with Crippen LogP contribution in [0.3, 0.4) is 0 Å². The number of carbonyl (C=O) groups is 2. The van der Waals surface area contributed by atoms with Crippen LogP contribution in [0.2, 0.25) is 0 Å². The molecule has 1 aromatic heterocycles. The van der Waals surface area contributed by atoms with Gasteiger partial charge in [-0.25, -0.2) is 9.78 Å². The van der Waals surface area contributed by atoms with Gasteiger partial charge in [0, 0.05) is 30.3 Å². The highest BCUT2D eigenvalue weighted by Gasteiger charge is 2.49. The zero-order valence-electron chi connectivity index (χ0n) is 18.1. The Morgan fingerprint density at radius 1 is 1.12 bits per heavy atom. The van der Waals surface area contributed by atoms with Crippen LogP contribution in [0.15, 0.2) is 66.7 Å². The van der Waals surface area contributed by atoms with Crippen molar-refractivity contribution in [3.63, 3.8) is 0 Å². The summed E-state index contributed by atoms with van der Waals surface area (Å²) in [5.74, 6) is -0.0910. The number of fused-ring (bicyclic) bond motifs is 2. The quantitative estimate of drug-likeness (QED) is 0.445. The molecule has 1 unspecified atom stereocenters. The Morgan fingerprint density at radius 2 is 1.91 bits per heavy atom. The molecule has 5 rings (SSSR count). The van der Waals surface area contributed by atoms with E-state index in [-0.39, 0.29) is 18.4 Å². The third kappa shape index (κ3) is 3.23. The topological polar surface area (TPSA) is 110 Å². The van der Waals surface area contributed by atoms with Gasteiger partial charge in [-0.1, -0.05) is 54.1 Å². The van der Waals surface area contributed by atoms with Crippen molar-refractivity contribution in [1.29, 1.82) is 0 Å². The maximum Gasteiger partial charge on any atom is 0.413 e. The van der Waals surface area contributed by atoms with E-state index in [1.54, 1.807) is 42.5 Å². The van der Waals surface area contributed by atoms with Crippen LogP contribution in [0.4, 0.5) is 10.7 Å². The predicted molar refractivity (Wildman–Crippen MR) is 123 cm³/mol. The summed E-state index contributed by atoms with van der Waals surface area (Å²) in [4.78, 5) is 34.4. The number of nitrogens with zero attached hydrogens (tertiary/aromatic N) is 3. The first-order valence-corrected chi connectivity index (χ1v) is 10.5. The van der Waals surface area contributed by atoms with Gasteiger partial charge in [-0.3, -0.25) is 14.6 Å². The molecule has 2 amide bonds. The first kappa shape index (κ1) is 20.7. The van der Waals surface area contributed by atoms with Gasteiger partial charge in [0.25, 0.3) is 5.91 Å². The van der Waals surface area contributed by atoms with Crippen molar-refractivity contribution in [2.75, 3.05) is 11.9 Å². The lowest BCUT2D eigenvalue weighted by Gasteiger charge is -2.35. The summed E-state index contributed by atoms with van der Waals surface area (Å²) in [6.45, 7) is 2.20. The maximum absolute atomic E-state index is 13.4. The second-order valence-corrected chi connectivity index (χ2v) is 8.23. The molecule has 8 nitrogen and oxygen atoms in total. The van der Waals surface area contributed by atoms with E-state index < -0.39 is 11.8 Å². The minimum absolute atomic E-state index is 0.168. The number of nitrogens with one attached hydrogen (secondary N) is 1. The van der Waals surface area contributed by atoms with E-state index >= 15 is 0 Å². The van der Waals surface area contributed by atoms with E-state index in [9.17, 15) is 19.8 Å². The molecule has 166 valence electrons. The molecule has 0 bridgehead atoms. The SMILES string of the molecule is Cc1cccc(CN2C(=O)c3ccccc3C2(O)c2ccc3nc(N(C)C(=O)O)[nH]c3c2)c1. The van der Waals surface area contributed by atoms with E-state index in [1.165, 1.54) is 11.9 Å². The van der Waals surface area contributed by atoms with E-state index in [0.717, 1.165) is 16.0 Å². The Balaban J connectivity index is 1.64. The third-order valence-electron chi connectivity index (χ3n) is 6.07. The lowest BCUT2D eigenvalue weighted by Crippen LogP contribution is -2.44. The van der Waals surface area contributed by atoms with Crippen LogP contribution in [-0.4, -0.2) is 44.1 Å². The molecule has 1 aliphatic rings. The van der Waals surface area contributed by atoms with Gasteiger partial charge in [0.1, 0.15) is 0 Å². The van der Waals surface area contributed by atoms with Gasteiger partial charge in [-0.05, 0) is 30.7 Å². The number of anilines is 1. The van der Waals surface area contributed by atoms with Crippen LogP contribution in [-0.2, 0) is 12.3 Å². The number of aliphatic hydroxyl groups is 1. The van der Waals surface area contributed by atoms with Crippen LogP contribution in [0.5, 0.6) is 0 Å². The molecule has 33 heavy (non-hydrogen) atoms. The second kappa shape index (κ2) is 7.46. The number of imidazole rings is 1. The molecule has 0 radical (unpaired) electrons. The molecule has 0 aliphatic carbocycles. The summed E-state index contributed by atoms with van der Waals surface area (Å²) >= 11 is 0. The number of aromatic nitrogens is 2. The molecular weight excluding hydrogens is 420 g/mol. The van der Waals surface area contributed by atoms with Gasteiger partial charge < -0.3 is 15.2 Å². The van der Waals surface area contributed by atoms with Gasteiger partial charge in [0.05, 0.1) is 11.0 Å². The van der Waals surface area contributed by atoms with Crippen LogP contribution in [0, 0.1) is 6.92 Å². The highest BCUT2D eigenvalue weighted by molar-refractivity contribution is 6.00. The van der Waals surface area contributed by atoms with Crippen molar-refractivity contribution in [2.24, 2.45) is 0 Å². The number of aryl methyl sites for hydroxylation is 1. The number of H-pyrrole nitrogens is 1. The fourth-order valence-electron chi connectivity index (χ4n) is 4.36. The van der Waals surface area contributed by atoms with Gasteiger partial charge in [0.15, 0.2) is 5.72 Å². The normalized spacial score (nSPS) is 17.4. The van der Waals surface area contributed by atoms with Crippen molar-refractivity contribution in [3.8, 4) is 0 Å². The molecule has 4 aromatic rings. The summed E-state index contributed by atoms with van der Waals surface area (Å²) in [5.41, 5.74) is 2.80. The Bertz CT molecular complexity index is 1410. The number of aromatic amines is 1. The minimum Gasteiger partial charge on any atom is -0.465 e. The van der Waals surface area contributed by atoms with E-state index in [0.29, 0.717) is 27.7 Å². The number of hydrogen-bond acceptors (Lipinski definition) is 4. The van der Waals surface area contributed by atoms with Crippen molar-refractivity contribution in [3.05, 3.63) is 94.5 Å². The molecule has 0 saturated carbocycles. The largest absolute Gasteiger partial charge is 0.465 e. The zero-order valence-corrected chi connectivity index (χ0v) is 18.1. The summed E-state index contributed by atoms with van der Waals surface area (Å²) in [6, 6.07) is 20.0. The Kier molecular flexibility index (Phi) is 4.68. The standard InChI is InChI=1S/C25H22N4O4/c1-15-6-5-7-16(12-15)14-29-22(30)18-8-3-4-9-19(18)25(29,33)17-10-11-20-21(13-17)27-23(26-20)28(2)24(31)32/h3-13,33H,14H2,1-2H3,(H,26,27)(H,31,32). The number of carbonyl (C=O) groups excluding carboxylic acids is 1. The minimum atomic E-state index is -1.70. The third-order valence-corrected chi connectivity index (χ3v) is 6.07. The second-order valence-electron chi connectivity index (χ2n) is 8.23. The highest BCUT2D eigenvalue weighted by atomic mass is 16.4. The monoisotopic (exact) mass is 442 g/mol. The highest BCUT2D eigenvalue weighted by Crippen LogP contribution is 2.43. The first-order valence-electron chi connectivity index (χ1n) is 10.5. The first-order chi connectivity index (χ1) is 15.8. The molecular formula is C25H22N4O4. The molecule has 8 heteroatoms. The lowest BCUT2D eigenvalue weighted by molar-refractivity contribution is -0.0542. The van der Waals surface area contributed by atoms with Gasteiger partial charge in [-0.2, -0.15) is 0 Å². The lowest BCUT2D eigenvalue weighted by atomic mass is 9.93. The number of hydrogen-bond donors (Lipinski definition) is 3. The van der Waals surface area contributed by atoms with E-state index in [1.807, 2.05) is 31.2 Å².